The van der Waals surface area contributed by atoms with E-state index < -0.39 is 11.6 Å². The Morgan fingerprint density at radius 1 is 1.13 bits per heavy atom. The van der Waals surface area contributed by atoms with E-state index in [9.17, 15) is 9.18 Å². The fourth-order valence-corrected chi connectivity index (χ4v) is 6.17. The average molecular weight is 519 g/mol. The van der Waals surface area contributed by atoms with Crippen molar-refractivity contribution in [2.45, 2.75) is 38.6 Å². The molecule has 0 aliphatic heterocycles. The number of aryl methyl sites for hydroxylation is 1. The lowest BCUT2D eigenvalue weighted by Crippen LogP contribution is -2.52. The summed E-state index contributed by atoms with van der Waals surface area (Å²) < 4.78 is 37.5. The molecule has 10 heteroatoms. The monoisotopic (exact) mass is 518 g/mol. The molecule has 2 bridgehead atoms. The van der Waals surface area contributed by atoms with Gasteiger partial charge in [-0.3, -0.25) is 9.78 Å². The molecule has 2 atom stereocenters. The summed E-state index contributed by atoms with van der Waals surface area (Å²) in [4.78, 5) is 30.4. The van der Waals surface area contributed by atoms with Gasteiger partial charge in [-0.25, -0.2) is 23.7 Å². The normalized spacial score (nSPS) is 22.5. The fourth-order valence-electron chi connectivity index (χ4n) is 6.17. The average Bonchev–Trinajstić information content (AvgIpc) is 3.26. The Morgan fingerprint density at radius 3 is 2.61 bits per heavy atom. The number of pyridine rings is 2. The van der Waals surface area contributed by atoms with Crippen LogP contribution in [0.4, 0.5) is 14.6 Å². The lowest BCUT2D eigenvalue weighted by molar-refractivity contribution is -0.154. The summed E-state index contributed by atoms with van der Waals surface area (Å²) in [5.74, 6) is -1.11. The van der Waals surface area contributed by atoms with Gasteiger partial charge in [0.15, 0.2) is 17.5 Å². The predicted molar refractivity (Wildman–Crippen MR) is 138 cm³/mol. The number of hydrogen-bond donors (Lipinski definition) is 1. The highest BCUT2D eigenvalue weighted by atomic mass is 19.1. The van der Waals surface area contributed by atoms with Gasteiger partial charge >= 0.3 is 5.97 Å². The number of rotatable bonds is 6. The van der Waals surface area contributed by atoms with Crippen molar-refractivity contribution in [2.24, 2.45) is 24.8 Å². The van der Waals surface area contributed by atoms with Gasteiger partial charge in [0.25, 0.3) is 0 Å². The highest BCUT2D eigenvalue weighted by Crippen LogP contribution is 2.47. The van der Waals surface area contributed by atoms with Crippen molar-refractivity contribution < 1.29 is 18.3 Å². The van der Waals surface area contributed by atoms with E-state index >= 15 is 4.39 Å². The van der Waals surface area contributed by atoms with Crippen LogP contribution in [0.25, 0.3) is 33.7 Å². The highest BCUT2D eigenvalue weighted by Gasteiger charge is 2.48. The molecule has 38 heavy (non-hydrogen) atoms. The maximum atomic E-state index is 16.1. The molecule has 3 saturated carbocycles. The third kappa shape index (κ3) is 4.17. The number of hydrogen-bond acceptors (Lipinski definition) is 7. The molecule has 7 rings (SSSR count). The minimum absolute atomic E-state index is 0.00928. The highest BCUT2D eigenvalue weighted by molar-refractivity contribution is 5.92. The molecule has 3 fully saturated rings. The van der Waals surface area contributed by atoms with Crippen LogP contribution < -0.4 is 5.32 Å². The SMILES string of the molecule is CCOC(=O)[C@H]1C2CCC(CC2)[C@@H]1Nc1nc(-c2cn(C)c3ncc(F)cc23)nc(-c2ccncc2)c1F. The number of aromatic nitrogens is 5. The first-order valence-corrected chi connectivity index (χ1v) is 13.0. The van der Waals surface area contributed by atoms with Gasteiger partial charge < -0.3 is 14.6 Å². The first-order chi connectivity index (χ1) is 18.4. The molecule has 8 nitrogen and oxygen atoms in total. The molecule has 0 unspecified atom stereocenters. The topological polar surface area (TPSA) is 94.8 Å². The van der Waals surface area contributed by atoms with E-state index in [4.69, 9.17) is 4.74 Å². The van der Waals surface area contributed by atoms with Crippen LogP contribution in [0.15, 0.2) is 43.0 Å². The summed E-state index contributed by atoms with van der Waals surface area (Å²) in [7, 11) is 1.80. The van der Waals surface area contributed by atoms with Gasteiger partial charge in [-0.15, -0.1) is 0 Å². The number of fused-ring (bicyclic) bond motifs is 4. The Bertz CT molecular complexity index is 1500. The second-order valence-corrected chi connectivity index (χ2v) is 10.1. The van der Waals surface area contributed by atoms with E-state index in [1.807, 2.05) is 0 Å². The van der Waals surface area contributed by atoms with Crippen molar-refractivity contribution in [1.82, 2.24) is 24.5 Å². The minimum atomic E-state index is -0.617. The second-order valence-electron chi connectivity index (χ2n) is 10.1. The van der Waals surface area contributed by atoms with Crippen molar-refractivity contribution in [3.63, 3.8) is 0 Å². The van der Waals surface area contributed by atoms with Crippen molar-refractivity contribution in [2.75, 3.05) is 11.9 Å². The quantitative estimate of drug-likeness (QED) is 0.353. The zero-order valence-electron chi connectivity index (χ0n) is 21.2. The molecule has 4 aromatic heterocycles. The fraction of sp³-hybridized carbons (Fsp3) is 0.393. The van der Waals surface area contributed by atoms with Crippen LogP contribution >= 0.6 is 0 Å². The van der Waals surface area contributed by atoms with E-state index in [2.05, 4.69) is 25.3 Å². The molecule has 0 amide bonds. The summed E-state index contributed by atoms with van der Waals surface area (Å²) >= 11 is 0. The van der Waals surface area contributed by atoms with Gasteiger partial charge in [-0.05, 0) is 62.6 Å². The molecule has 3 aliphatic rings. The van der Waals surface area contributed by atoms with Crippen LogP contribution in [0.2, 0.25) is 0 Å². The van der Waals surface area contributed by atoms with E-state index in [0.717, 1.165) is 31.9 Å². The second kappa shape index (κ2) is 9.74. The predicted octanol–water partition coefficient (Wildman–Crippen LogP) is 5.15. The van der Waals surface area contributed by atoms with Gasteiger partial charge in [-0.1, -0.05) is 0 Å². The van der Waals surface area contributed by atoms with Gasteiger partial charge in [0, 0.05) is 48.2 Å². The van der Waals surface area contributed by atoms with E-state index in [-0.39, 0.29) is 47.1 Å². The Hall–Kier alpha value is -3.95. The van der Waals surface area contributed by atoms with Crippen molar-refractivity contribution in [1.29, 1.82) is 0 Å². The van der Waals surface area contributed by atoms with Crippen LogP contribution in [-0.2, 0) is 16.6 Å². The Balaban J connectivity index is 1.49. The summed E-state index contributed by atoms with van der Waals surface area (Å²) in [6.07, 6.45) is 9.89. The Labute approximate surface area is 218 Å². The molecule has 0 aromatic carbocycles. The molecule has 1 N–H and O–H groups in total. The number of halogens is 2. The third-order valence-electron chi connectivity index (χ3n) is 7.91. The molecule has 0 spiro atoms. The first-order valence-electron chi connectivity index (χ1n) is 13.0. The summed E-state index contributed by atoms with van der Waals surface area (Å²) in [5, 5.41) is 3.84. The van der Waals surface area contributed by atoms with Crippen LogP contribution in [0.5, 0.6) is 0 Å². The number of nitrogens with one attached hydrogen (secondary N) is 1. The number of carbonyl (C=O) groups excluding carboxylic acids is 1. The molecule has 4 aromatic rings. The molecule has 0 saturated heterocycles. The van der Waals surface area contributed by atoms with Gasteiger partial charge in [-0.2, -0.15) is 0 Å². The zero-order chi connectivity index (χ0) is 26.4. The Kier molecular flexibility index (Phi) is 6.25. The molecule has 0 radical (unpaired) electrons. The largest absolute Gasteiger partial charge is 0.466 e. The molecule has 196 valence electrons. The van der Waals surface area contributed by atoms with Crippen LogP contribution in [-0.4, -0.2) is 43.1 Å². The number of nitrogens with zero attached hydrogens (tertiary/aromatic N) is 5. The number of esters is 1. The summed E-state index contributed by atoms with van der Waals surface area (Å²) in [5.41, 5.74) is 1.71. The van der Waals surface area contributed by atoms with E-state index in [0.29, 0.717) is 28.8 Å². The zero-order valence-corrected chi connectivity index (χ0v) is 21.2. The molecule has 3 aliphatic carbocycles. The van der Waals surface area contributed by atoms with Gasteiger partial charge in [0.2, 0.25) is 0 Å². The maximum Gasteiger partial charge on any atom is 0.311 e. The van der Waals surface area contributed by atoms with Crippen LogP contribution in [0.3, 0.4) is 0 Å². The smallest absolute Gasteiger partial charge is 0.311 e. The Morgan fingerprint density at radius 2 is 1.87 bits per heavy atom. The molecular formula is C28H28F2N6O2. The maximum absolute atomic E-state index is 16.1. The molecule has 4 heterocycles. The number of ether oxygens (including phenoxy) is 1. The standard InChI is InChI=1S/C28H28F2N6O2/c1-3-38-28(37)21-15-4-6-16(7-5-15)23(21)33-26-22(30)24(17-8-10-31-11-9-17)34-25(35-26)20-14-36(2)27-19(20)12-18(29)13-32-27/h8-16,21,23H,3-7H2,1-2H3,(H,33,34,35)/t15?,16?,21-,23-/m0/s1. The van der Waals surface area contributed by atoms with E-state index in [1.165, 1.54) is 6.07 Å². The van der Waals surface area contributed by atoms with Crippen molar-refractivity contribution in [3.8, 4) is 22.6 Å². The minimum Gasteiger partial charge on any atom is -0.466 e. The van der Waals surface area contributed by atoms with Gasteiger partial charge in [0.1, 0.15) is 17.2 Å². The van der Waals surface area contributed by atoms with Gasteiger partial charge in [0.05, 0.1) is 18.7 Å². The lowest BCUT2D eigenvalue weighted by Gasteiger charge is -2.47. The van der Waals surface area contributed by atoms with Crippen molar-refractivity contribution >= 4 is 22.8 Å². The summed E-state index contributed by atoms with van der Waals surface area (Å²) in [6, 6.07) is 4.41. The van der Waals surface area contributed by atoms with E-state index in [1.54, 1.807) is 49.3 Å². The van der Waals surface area contributed by atoms with Crippen LogP contribution in [0, 0.1) is 29.4 Å². The summed E-state index contributed by atoms with van der Waals surface area (Å²) in [6.45, 7) is 2.09. The molecular weight excluding hydrogens is 490 g/mol. The third-order valence-corrected chi connectivity index (χ3v) is 7.91. The number of anilines is 1. The number of carbonyl (C=O) groups is 1. The van der Waals surface area contributed by atoms with Crippen LogP contribution in [0.1, 0.15) is 32.6 Å². The van der Waals surface area contributed by atoms with Crippen molar-refractivity contribution in [3.05, 3.63) is 54.6 Å². The lowest BCUT2D eigenvalue weighted by atomic mass is 9.61. The first kappa shape index (κ1) is 24.4.